The van der Waals surface area contributed by atoms with E-state index in [-0.39, 0.29) is 0 Å². The normalized spacial score (nSPS) is 12.1. The molecular weight excluding hydrogens is 416 g/mol. The Bertz CT molecular complexity index is 1150. The van der Waals surface area contributed by atoms with Gasteiger partial charge in [-0.1, -0.05) is 43.5 Å². The average molecular weight is 447 g/mol. The zero-order chi connectivity index (χ0) is 22.7. The molecule has 7 heteroatoms. The number of thiophene rings is 1. The summed E-state index contributed by atoms with van der Waals surface area (Å²) in [7, 11) is 4.16. The van der Waals surface area contributed by atoms with Crippen molar-refractivity contribution < 1.29 is 0 Å². The van der Waals surface area contributed by atoms with Crippen LogP contribution in [0, 0.1) is 6.92 Å². The van der Waals surface area contributed by atoms with Crippen LogP contribution >= 0.6 is 11.3 Å². The third-order valence-corrected chi connectivity index (χ3v) is 6.31. The lowest BCUT2D eigenvalue weighted by molar-refractivity contribution is 0.402. The molecule has 0 unspecified atom stereocenters. The van der Waals surface area contributed by atoms with E-state index in [4.69, 9.17) is 0 Å². The van der Waals surface area contributed by atoms with Crippen LogP contribution in [-0.4, -0.2) is 19.0 Å². The van der Waals surface area contributed by atoms with Gasteiger partial charge in [-0.05, 0) is 49.8 Å². The largest absolute Gasteiger partial charge is 0.381 e. The van der Waals surface area contributed by atoms with Gasteiger partial charge in [0, 0.05) is 46.7 Å². The number of hydrogen-bond acceptors (Lipinski definition) is 7. The van der Waals surface area contributed by atoms with Crippen LogP contribution < -0.4 is 27.0 Å². The van der Waals surface area contributed by atoms with Crippen molar-refractivity contribution in [1.82, 2.24) is 10.4 Å². The molecule has 0 spiro atoms. The summed E-state index contributed by atoms with van der Waals surface area (Å²) in [5.41, 5.74) is 18.9. The Morgan fingerprint density at radius 1 is 1.19 bits per heavy atom. The number of hydrogen-bond donors (Lipinski definition) is 5. The molecule has 0 saturated carbocycles. The number of anilines is 4. The zero-order valence-electron chi connectivity index (χ0n) is 18.8. The lowest BCUT2D eigenvalue weighted by Gasteiger charge is -2.19. The molecule has 6 nitrogen and oxygen atoms in total. The van der Waals surface area contributed by atoms with Crippen molar-refractivity contribution in [3.8, 4) is 0 Å². The topological polar surface area (TPSA) is 63.4 Å². The molecule has 1 aliphatic heterocycles. The number of nitrogens with zero attached hydrogens (tertiary/aromatic N) is 1. The smallest absolute Gasteiger partial charge is 0.130 e. The molecule has 3 aromatic rings. The number of fused-ring (bicyclic) bond motifs is 1. The van der Waals surface area contributed by atoms with E-state index in [1.54, 1.807) is 11.3 Å². The molecule has 0 saturated heterocycles. The predicted molar refractivity (Wildman–Crippen MR) is 140 cm³/mol. The van der Waals surface area contributed by atoms with Crippen LogP contribution in [0.3, 0.4) is 0 Å². The van der Waals surface area contributed by atoms with Gasteiger partial charge in [0.1, 0.15) is 5.00 Å². The van der Waals surface area contributed by atoms with E-state index >= 15 is 0 Å². The van der Waals surface area contributed by atoms with Crippen molar-refractivity contribution in [3.63, 3.8) is 0 Å². The highest BCUT2D eigenvalue weighted by molar-refractivity contribution is 7.15. The second-order valence-electron chi connectivity index (χ2n) is 8.16. The minimum atomic E-state index is 0.706. The highest BCUT2D eigenvalue weighted by Crippen LogP contribution is 2.39. The number of nitrogens with one attached hydrogen (secondary N) is 5. The Morgan fingerprint density at radius 3 is 2.81 bits per heavy atom. The third-order valence-electron chi connectivity index (χ3n) is 5.41. The quantitative estimate of drug-likeness (QED) is 0.290. The SMILES string of the molecule is C=Cc1c(CNc2cccc(CN(C)C)c2)ccc(C)c1NC(=C)c1csc2c1NNN2. The van der Waals surface area contributed by atoms with Crippen molar-refractivity contribution in [2.24, 2.45) is 0 Å². The Morgan fingerprint density at radius 2 is 2.03 bits per heavy atom. The molecule has 32 heavy (non-hydrogen) atoms. The van der Waals surface area contributed by atoms with Gasteiger partial charge in [-0.3, -0.25) is 5.43 Å². The first kappa shape index (κ1) is 22.0. The van der Waals surface area contributed by atoms with Crippen LogP contribution in [0.15, 0.2) is 54.9 Å². The summed E-state index contributed by atoms with van der Waals surface area (Å²) in [6, 6.07) is 12.9. The maximum Gasteiger partial charge on any atom is 0.130 e. The van der Waals surface area contributed by atoms with Gasteiger partial charge < -0.3 is 21.0 Å². The molecule has 4 rings (SSSR count). The Kier molecular flexibility index (Phi) is 6.50. The molecular formula is C25H30N6S. The standard InChI is InChI=1S/C25H30N6S/c1-6-21-19(13-26-20-9-7-8-18(12-20)14-31(4)5)11-10-16(2)23(21)27-17(3)22-15-32-25-24(22)28-30-29-25/h6-12,15,26-30H,1,3,13-14H2,2,4-5H3. The van der Waals surface area contributed by atoms with Crippen molar-refractivity contribution in [1.29, 1.82) is 0 Å². The van der Waals surface area contributed by atoms with Crippen molar-refractivity contribution in [3.05, 3.63) is 82.8 Å². The van der Waals surface area contributed by atoms with Gasteiger partial charge in [0.05, 0.1) is 5.69 Å². The highest BCUT2D eigenvalue weighted by atomic mass is 32.1. The van der Waals surface area contributed by atoms with Gasteiger partial charge in [0.2, 0.25) is 0 Å². The Hall–Kier alpha value is -3.26. The fourth-order valence-electron chi connectivity index (χ4n) is 3.83. The summed E-state index contributed by atoms with van der Waals surface area (Å²) in [4.78, 5) is 2.17. The molecule has 166 valence electrons. The van der Waals surface area contributed by atoms with E-state index in [0.717, 1.165) is 51.0 Å². The molecule has 0 aliphatic carbocycles. The molecule has 5 N–H and O–H groups in total. The van der Waals surface area contributed by atoms with Gasteiger partial charge in [-0.15, -0.1) is 16.9 Å². The van der Waals surface area contributed by atoms with Crippen LogP contribution in [0.1, 0.15) is 27.8 Å². The highest BCUT2D eigenvalue weighted by Gasteiger charge is 2.19. The Balaban J connectivity index is 1.54. The van der Waals surface area contributed by atoms with Crippen molar-refractivity contribution in [2.75, 3.05) is 35.6 Å². The van der Waals surface area contributed by atoms with Gasteiger partial charge in [-0.25, -0.2) is 0 Å². The summed E-state index contributed by atoms with van der Waals surface area (Å²) >= 11 is 1.64. The fraction of sp³-hybridized carbons (Fsp3) is 0.200. The molecule has 0 fully saturated rings. The van der Waals surface area contributed by atoms with E-state index in [0.29, 0.717) is 6.54 Å². The van der Waals surface area contributed by atoms with E-state index < -0.39 is 0 Å². The average Bonchev–Trinajstić information content (AvgIpc) is 3.38. The minimum Gasteiger partial charge on any atom is -0.381 e. The molecule has 1 aliphatic rings. The first-order valence-corrected chi connectivity index (χ1v) is 11.4. The third kappa shape index (κ3) is 4.65. The predicted octanol–water partition coefficient (Wildman–Crippen LogP) is 5.71. The second-order valence-corrected chi connectivity index (χ2v) is 9.04. The molecule has 0 bridgehead atoms. The van der Waals surface area contributed by atoms with Crippen molar-refractivity contribution in [2.45, 2.75) is 20.0 Å². The lowest BCUT2D eigenvalue weighted by Crippen LogP contribution is -2.20. The maximum atomic E-state index is 4.29. The minimum absolute atomic E-state index is 0.706. The first-order valence-electron chi connectivity index (χ1n) is 10.5. The Labute approximate surface area is 194 Å². The number of hydrazine groups is 2. The maximum absolute atomic E-state index is 4.29. The first-order chi connectivity index (χ1) is 15.5. The van der Waals surface area contributed by atoms with Crippen LogP contribution in [0.5, 0.6) is 0 Å². The van der Waals surface area contributed by atoms with E-state index in [1.807, 2.05) is 6.08 Å². The molecule has 0 amide bonds. The molecule has 0 atom stereocenters. The van der Waals surface area contributed by atoms with Crippen LogP contribution in [0.4, 0.5) is 22.1 Å². The molecule has 2 aromatic carbocycles. The van der Waals surface area contributed by atoms with Gasteiger partial charge in [0.15, 0.2) is 0 Å². The van der Waals surface area contributed by atoms with Crippen LogP contribution in [-0.2, 0) is 13.1 Å². The monoisotopic (exact) mass is 446 g/mol. The number of rotatable bonds is 9. The fourth-order valence-corrected chi connectivity index (χ4v) is 4.72. The summed E-state index contributed by atoms with van der Waals surface area (Å²) in [6.45, 7) is 12.1. The number of benzene rings is 2. The summed E-state index contributed by atoms with van der Waals surface area (Å²) in [5, 5.41) is 10.3. The van der Waals surface area contributed by atoms with Crippen molar-refractivity contribution >= 4 is 45.2 Å². The van der Waals surface area contributed by atoms with E-state index in [9.17, 15) is 0 Å². The van der Waals surface area contributed by atoms with Crippen LogP contribution in [0.2, 0.25) is 0 Å². The molecule has 1 aromatic heterocycles. The van der Waals surface area contributed by atoms with Crippen LogP contribution in [0.25, 0.3) is 11.8 Å². The van der Waals surface area contributed by atoms with Gasteiger partial charge in [0.25, 0.3) is 0 Å². The second kappa shape index (κ2) is 9.48. The van der Waals surface area contributed by atoms with E-state index in [1.165, 1.54) is 11.1 Å². The zero-order valence-corrected chi connectivity index (χ0v) is 19.6. The molecule has 0 radical (unpaired) electrons. The van der Waals surface area contributed by atoms with E-state index in [2.05, 4.69) is 108 Å². The summed E-state index contributed by atoms with van der Waals surface area (Å²) in [5.74, 6) is 0. The summed E-state index contributed by atoms with van der Waals surface area (Å²) < 4.78 is 0. The summed E-state index contributed by atoms with van der Waals surface area (Å²) in [6.07, 6.45) is 1.92. The van der Waals surface area contributed by atoms with Gasteiger partial charge >= 0.3 is 0 Å². The molecule has 2 heterocycles. The van der Waals surface area contributed by atoms with Gasteiger partial charge in [-0.2, -0.15) is 0 Å². The lowest BCUT2D eigenvalue weighted by atomic mass is 10.00. The number of aryl methyl sites for hydroxylation is 1.